The molecule has 0 radical (unpaired) electrons. The Morgan fingerprint density at radius 3 is 2.16 bits per heavy atom. The third kappa shape index (κ3) is 13.2. The summed E-state index contributed by atoms with van der Waals surface area (Å²) < 4.78 is 15.7. The van der Waals surface area contributed by atoms with Crippen LogP contribution in [0.5, 0.6) is 0 Å². The monoisotopic (exact) mass is 353 g/mol. The molecule has 6 heteroatoms. The molecule has 0 atom stereocenters. The minimum Gasteiger partial charge on any atom is -0.377 e. The number of hydrogen-bond acceptors (Lipinski definition) is 5. The van der Waals surface area contributed by atoms with Gasteiger partial charge in [0.05, 0.1) is 33.0 Å². The fourth-order valence-corrected chi connectivity index (χ4v) is 1.78. The predicted molar refractivity (Wildman–Crippen MR) is 98.0 cm³/mol. The largest absolute Gasteiger partial charge is 0.377 e. The Morgan fingerprint density at radius 1 is 0.960 bits per heavy atom. The molecule has 6 nitrogen and oxygen atoms in total. The van der Waals surface area contributed by atoms with Crippen LogP contribution in [0, 0.1) is 6.92 Å². The third-order valence-electron chi connectivity index (χ3n) is 2.86. The van der Waals surface area contributed by atoms with Crippen molar-refractivity contribution in [2.24, 2.45) is 0 Å². The molecule has 0 spiro atoms. The molecule has 0 fully saturated rings. The van der Waals surface area contributed by atoms with E-state index >= 15 is 0 Å². The van der Waals surface area contributed by atoms with Crippen molar-refractivity contribution in [1.82, 2.24) is 5.32 Å². The Balaban J connectivity index is 0.00000277. The van der Waals surface area contributed by atoms with Crippen LogP contribution in [0.25, 0.3) is 0 Å². The Labute approximate surface area is 150 Å². The molecule has 25 heavy (non-hydrogen) atoms. The molecule has 1 aromatic rings. The number of rotatable bonds is 12. The van der Waals surface area contributed by atoms with Gasteiger partial charge in [0.25, 0.3) is 5.91 Å². The van der Waals surface area contributed by atoms with E-state index in [0.717, 1.165) is 5.56 Å². The second kappa shape index (κ2) is 15.7. The van der Waals surface area contributed by atoms with Gasteiger partial charge < -0.3 is 19.5 Å². The smallest absolute Gasteiger partial charge is 0.251 e. The summed E-state index contributed by atoms with van der Waals surface area (Å²) in [5.41, 5.74) is 1.71. The number of ether oxygens (including phenoxy) is 3. The van der Waals surface area contributed by atoms with Gasteiger partial charge in [0, 0.05) is 12.1 Å². The lowest BCUT2D eigenvalue weighted by atomic mass is 10.1. The summed E-state index contributed by atoms with van der Waals surface area (Å²) in [6.45, 7) is 10.2. The fourth-order valence-electron chi connectivity index (χ4n) is 1.78. The molecule has 0 saturated heterocycles. The molecule has 1 rings (SSSR count). The van der Waals surface area contributed by atoms with Crippen molar-refractivity contribution in [3.8, 4) is 0 Å². The first-order valence-corrected chi connectivity index (χ1v) is 8.67. The molecule has 0 aliphatic rings. The average Bonchev–Trinajstić information content (AvgIpc) is 2.61. The number of ketones is 1. The number of carbonyl (C=O) groups excluding carboxylic acids is 2. The minimum atomic E-state index is -0.101. The summed E-state index contributed by atoms with van der Waals surface area (Å²) >= 11 is 0. The van der Waals surface area contributed by atoms with Crippen molar-refractivity contribution >= 4 is 11.7 Å². The Morgan fingerprint density at radius 2 is 1.56 bits per heavy atom. The summed E-state index contributed by atoms with van der Waals surface area (Å²) in [6, 6.07) is 7.44. The van der Waals surface area contributed by atoms with E-state index in [4.69, 9.17) is 14.2 Å². The van der Waals surface area contributed by atoms with Crippen LogP contribution < -0.4 is 5.32 Å². The zero-order chi connectivity index (χ0) is 18.9. The molecule has 0 unspecified atom stereocenters. The summed E-state index contributed by atoms with van der Waals surface area (Å²) in [5.74, 6) is -0.0998. The highest BCUT2D eigenvalue weighted by atomic mass is 16.5. The quantitative estimate of drug-likeness (QED) is 0.584. The highest BCUT2D eigenvalue weighted by Gasteiger charge is 2.04. The molecule has 142 valence electrons. The molecule has 0 saturated carbocycles. The Bertz CT molecular complexity index is 490. The van der Waals surface area contributed by atoms with Crippen LogP contribution in [0.15, 0.2) is 24.3 Å². The van der Waals surface area contributed by atoms with Crippen LogP contribution in [0.4, 0.5) is 0 Å². The first kappa shape index (κ1) is 23.2. The van der Waals surface area contributed by atoms with Gasteiger partial charge in [-0.3, -0.25) is 9.59 Å². The second-order valence-corrected chi connectivity index (χ2v) is 5.10. The zero-order valence-electron chi connectivity index (χ0n) is 15.8. The Kier molecular flexibility index (Phi) is 14.6. The summed E-state index contributed by atoms with van der Waals surface area (Å²) in [7, 11) is 0. The standard InChI is InChI=1S/C17H25NO5.C2H6/c1-14-4-3-5-16(12-14)17(20)18-6-7-21-8-9-22-10-11-23-13-15(2)19;1-2/h3-5,12H,6-11,13H2,1-2H3,(H,18,20);1-2H3. The van der Waals surface area contributed by atoms with Crippen LogP contribution in [-0.2, 0) is 19.0 Å². The van der Waals surface area contributed by atoms with Gasteiger partial charge in [0.1, 0.15) is 6.61 Å². The lowest BCUT2D eigenvalue weighted by Gasteiger charge is -2.08. The van der Waals surface area contributed by atoms with Crippen LogP contribution in [0.3, 0.4) is 0 Å². The molecular weight excluding hydrogens is 322 g/mol. The zero-order valence-corrected chi connectivity index (χ0v) is 15.8. The molecule has 1 amide bonds. The molecule has 0 aromatic heterocycles. The van der Waals surface area contributed by atoms with E-state index in [1.165, 1.54) is 6.92 Å². The van der Waals surface area contributed by atoms with Crippen LogP contribution >= 0.6 is 0 Å². The van der Waals surface area contributed by atoms with E-state index in [0.29, 0.717) is 45.1 Å². The van der Waals surface area contributed by atoms with Gasteiger partial charge in [0.15, 0.2) is 5.78 Å². The van der Waals surface area contributed by atoms with Gasteiger partial charge in [-0.25, -0.2) is 0 Å². The summed E-state index contributed by atoms with van der Waals surface area (Å²) in [5, 5.41) is 2.80. The SMILES string of the molecule is CC.CC(=O)COCCOCCOCCNC(=O)c1cccc(C)c1. The normalized spacial score (nSPS) is 9.92. The van der Waals surface area contributed by atoms with E-state index in [9.17, 15) is 9.59 Å². The van der Waals surface area contributed by atoms with E-state index in [2.05, 4.69) is 5.32 Å². The number of carbonyl (C=O) groups is 2. The first-order valence-electron chi connectivity index (χ1n) is 8.67. The fraction of sp³-hybridized carbons (Fsp3) is 0.579. The Hall–Kier alpha value is -1.76. The molecule has 0 aliphatic heterocycles. The van der Waals surface area contributed by atoms with Gasteiger partial charge in [-0.2, -0.15) is 0 Å². The van der Waals surface area contributed by atoms with Crippen LogP contribution in [0.2, 0.25) is 0 Å². The van der Waals surface area contributed by atoms with Gasteiger partial charge in [0.2, 0.25) is 0 Å². The molecule has 1 N–H and O–H groups in total. The van der Waals surface area contributed by atoms with Crippen molar-refractivity contribution in [3.05, 3.63) is 35.4 Å². The lowest BCUT2D eigenvalue weighted by Crippen LogP contribution is -2.27. The van der Waals surface area contributed by atoms with E-state index in [-0.39, 0.29) is 18.3 Å². The van der Waals surface area contributed by atoms with Crippen molar-refractivity contribution in [2.45, 2.75) is 27.7 Å². The molecule has 0 heterocycles. The van der Waals surface area contributed by atoms with Gasteiger partial charge in [-0.1, -0.05) is 31.5 Å². The summed E-state index contributed by atoms with van der Waals surface area (Å²) in [4.78, 5) is 22.5. The average molecular weight is 353 g/mol. The number of benzene rings is 1. The number of Topliss-reactive ketones (excluding diaryl/α,β-unsaturated/α-hetero) is 1. The molecule has 1 aromatic carbocycles. The van der Waals surface area contributed by atoms with Gasteiger partial charge in [-0.15, -0.1) is 0 Å². The highest BCUT2D eigenvalue weighted by Crippen LogP contribution is 2.03. The molecular formula is C19H31NO5. The second-order valence-electron chi connectivity index (χ2n) is 5.10. The first-order chi connectivity index (χ1) is 12.1. The van der Waals surface area contributed by atoms with Crippen LogP contribution in [0.1, 0.15) is 36.7 Å². The van der Waals surface area contributed by atoms with Crippen LogP contribution in [-0.4, -0.2) is 57.9 Å². The minimum absolute atomic E-state index is 0.000966. The van der Waals surface area contributed by atoms with E-state index in [1.54, 1.807) is 6.07 Å². The van der Waals surface area contributed by atoms with E-state index < -0.39 is 0 Å². The van der Waals surface area contributed by atoms with Gasteiger partial charge in [-0.05, 0) is 26.0 Å². The number of nitrogens with one attached hydrogen (secondary N) is 1. The predicted octanol–water partition coefficient (Wildman–Crippen LogP) is 2.39. The summed E-state index contributed by atoms with van der Waals surface area (Å²) in [6.07, 6.45) is 0. The molecule has 0 bridgehead atoms. The van der Waals surface area contributed by atoms with Crippen molar-refractivity contribution in [3.63, 3.8) is 0 Å². The maximum absolute atomic E-state index is 11.9. The number of amides is 1. The van der Waals surface area contributed by atoms with Crippen molar-refractivity contribution in [2.75, 3.05) is 46.2 Å². The topological polar surface area (TPSA) is 73.9 Å². The third-order valence-corrected chi connectivity index (χ3v) is 2.86. The van der Waals surface area contributed by atoms with E-state index in [1.807, 2.05) is 39.0 Å². The maximum Gasteiger partial charge on any atom is 0.251 e. The molecule has 0 aliphatic carbocycles. The highest BCUT2D eigenvalue weighted by molar-refractivity contribution is 5.94. The number of hydrogen-bond donors (Lipinski definition) is 1. The van der Waals surface area contributed by atoms with Gasteiger partial charge >= 0.3 is 0 Å². The van der Waals surface area contributed by atoms with Crippen molar-refractivity contribution in [1.29, 1.82) is 0 Å². The number of aryl methyl sites for hydroxylation is 1. The maximum atomic E-state index is 11.9. The van der Waals surface area contributed by atoms with Crippen molar-refractivity contribution < 1.29 is 23.8 Å². The lowest BCUT2D eigenvalue weighted by molar-refractivity contribution is -0.122.